The van der Waals surface area contributed by atoms with Crippen LogP contribution in [0.5, 0.6) is 0 Å². The molecule has 3 heteroatoms. The van der Waals surface area contributed by atoms with Crippen LogP contribution in [-0.4, -0.2) is 11.6 Å². The molecular weight excluding hydrogens is 200 g/mol. The third-order valence-corrected chi connectivity index (χ3v) is 2.48. The lowest BCUT2D eigenvalue weighted by Gasteiger charge is -2.24. The first-order valence-corrected chi connectivity index (χ1v) is 4.80. The van der Waals surface area contributed by atoms with Gasteiger partial charge in [-0.05, 0) is 18.4 Å². The van der Waals surface area contributed by atoms with E-state index in [0.29, 0.717) is 11.1 Å². The van der Waals surface area contributed by atoms with E-state index in [1.165, 1.54) is 6.08 Å². The number of ketones is 2. The van der Waals surface area contributed by atoms with Gasteiger partial charge in [0.2, 0.25) is 5.78 Å². The number of Topliss-reactive ketones (excluding diaryl/α,β-unsaturated/α-hetero) is 1. The molecule has 0 amide bonds. The molecule has 76 valence electrons. The molecule has 0 radical (unpaired) electrons. The molecule has 0 bridgehead atoms. The smallest absolute Gasteiger partial charge is 0.200 e. The van der Waals surface area contributed by atoms with Crippen LogP contribution in [-0.2, 0) is 9.59 Å². The number of carbonyl (C=O) groups is 2. The van der Waals surface area contributed by atoms with Gasteiger partial charge in [-0.1, -0.05) is 32.4 Å². The molecule has 1 aliphatic rings. The number of carbonyl (C=O) groups excluding carboxylic acids is 2. The van der Waals surface area contributed by atoms with Gasteiger partial charge in [-0.15, -0.1) is 0 Å². The Labute approximate surface area is 88.6 Å². The molecule has 2 nitrogen and oxygen atoms in total. The maximum Gasteiger partial charge on any atom is 0.200 e. The van der Waals surface area contributed by atoms with E-state index in [9.17, 15) is 9.59 Å². The summed E-state index contributed by atoms with van der Waals surface area (Å²) >= 11 is 5.88. The minimum Gasteiger partial charge on any atom is -0.290 e. The highest BCUT2D eigenvalue weighted by Crippen LogP contribution is 2.34. The molecular formula is C11H13ClO2. The van der Waals surface area contributed by atoms with E-state index < -0.39 is 0 Å². The maximum atomic E-state index is 11.6. The third-order valence-electron chi connectivity index (χ3n) is 2.12. The highest BCUT2D eigenvalue weighted by molar-refractivity contribution is 6.49. The van der Waals surface area contributed by atoms with Crippen LogP contribution in [0.2, 0.25) is 0 Å². The summed E-state index contributed by atoms with van der Waals surface area (Å²) in [5.41, 5.74) is 0.434. The lowest BCUT2D eigenvalue weighted by molar-refractivity contribution is -0.116. The quantitative estimate of drug-likeness (QED) is 0.579. The Balaban J connectivity index is 3.31. The number of hydrogen-bond donors (Lipinski definition) is 0. The van der Waals surface area contributed by atoms with Gasteiger partial charge in [0.05, 0.1) is 5.03 Å². The predicted molar refractivity (Wildman–Crippen MR) is 56.1 cm³/mol. The number of rotatable bonds is 0. The van der Waals surface area contributed by atoms with Crippen molar-refractivity contribution in [1.82, 2.24) is 0 Å². The standard InChI is InChI=1S/C11H13ClO2/c1-6-5-7(13)8(11(2,3)4)9(12)10(6)14/h5H,1-4H3. The van der Waals surface area contributed by atoms with Gasteiger partial charge in [0, 0.05) is 11.1 Å². The number of halogens is 1. The molecule has 14 heavy (non-hydrogen) atoms. The summed E-state index contributed by atoms with van der Waals surface area (Å²) in [6, 6.07) is 0. The summed E-state index contributed by atoms with van der Waals surface area (Å²) in [4.78, 5) is 23.2. The largest absolute Gasteiger partial charge is 0.290 e. The Bertz CT molecular complexity index is 367. The molecule has 0 aromatic rings. The van der Waals surface area contributed by atoms with E-state index in [4.69, 9.17) is 11.6 Å². The van der Waals surface area contributed by atoms with Crippen molar-refractivity contribution in [1.29, 1.82) is 0 Å². The summed E-state index contributed by atoms with van der Waals surface area (Å²) in [5.74, 6) is -0.393. The Kier molecular flexibility index (Phi) is 2.68. The van der Waals surface area contributed by atoms with Crippen LogP contribution >= 0.6 is 11.6 Å². The second-order valence-corrected chi connectivity index (χ2v) is 4.84. The molecule has 0 spiro atoms. The monoisotopic (exact) mass is 212 g/mol. The van der Waals surface area contributed by atoms with Crippen LogP contribution in [0.3, 0.4) is 0 Å². The summed E-state index contributed by atoms with van der Waals surface area (Å²) in [6.07, 6.45) is 1.36. The Hall–Kier alpha value is -0.890. The van der Waals surface area contributed by atoms with Gasteiger partial charge < -0.3 is 0 Å². The SMILES string of the molecule is CC1=CC(=O)C(C(C)(C)C)=C(Cl)C1=O. The van der Waals surface area contributed by atoms with Crippen molar-refractivity contribution in [2.24, 2.45) is 5.41 Å². The molecule has 0 saturated heterocycles. The van der Waals surface area contributed by atoms with Crippen molar-refractivity contribution >= 4 is 23.2 Å². The van der Waals surface area contributed by atoms with Gasteiger partial charge in [-0.2, -0.15) is 0 Å². The lowest BCUT2D eigenvalue weighted by Crippen LogP contribution is -2.24. The van der Waals surface area contributed by atoms with Crippen molar-refractivity contribution < 1.29 is 9.59 Å². The van der Waals surface area contributed by atoms with Crippen molar-refractivity contribution in [2.75, 3.05) is 0 Å². The Morgan fingerprint density at radius 3 is 2.14 bits per heavy atom. The molecule has 1 rings (SSSR count). The van der Waals surface area contributed by atoms with Gasteiger partial charge in [0.1, 0.15) is 0 Å². The first-order chi connectivity index (χ1) is 6.25. The van der Waals surface area contributed by atoms with Crippen molar-refractivity contribution in [3.8, 4) is 0 Å². The maximum absolute atomic E-state index is 11.6. The lowest BCUT2D eigenvalue weighted by atomic mass is 9.80. The van der Waals surface area contributed by atoms with Crippen LogP contribution in [0, 0.1) is 5.41 Å². The van der Waals surface area contributed by atoms with Crippen LogP contribution in [0.15, 0.2) is 22.3 Å². The fraction of sp³-hybridized carbons (Fsp3) is 0.455. The molecule has 0 unspecified atom stereocenters. The zero-order chi connectivity index (χ0) is 11.1. The van der Waals surface area contributed by atoms with E-state index in [0.717, 1.165) is 0 Å². The first kappa shape index (κ1) is 11.2. The van der Waals surface area contributed by atoms with Crippen molar-refractivity contribution in [2.45, 2.75) is 27.7 Å². The van der Waals surface area contributed by atoms with Crippen LogP contribution in [0.25, 0.3) is 0 Å². The first-order valence-electron chi connectivity index (χ1n) is 4.42. The normalized spacial score (nSPS) is 18.8. The number of allylic oxidation sites excluding steroid dienone is 4. The molecule has 0 N–H and O–H groups in total. The predicted octanol–water partition coefficient (Wildman–Crippen LogP) is 2.62. The van der Waals surface area contributed by atoms with E-state index >= 15 is 0 Å². The van der Waals surface area contributed by atoms with Gasteiger partial charge in [0.15, 0.2) is 5.78 Å². The highest BCUT2D eigenvalue weighted by atomic mass is 35.5. The van der Waals surface area contributed by atoms with E-state index in [2.05, 4.69) is 0 Å². The Morgan fingerprint density at radius 1 is 1.21 bits per heavy atom. The minimum absolute atomic E-state index is 0.0718. The van der Waals surface area contributed by atoms with E-state index in [1.807, 2.05) is 20.8 Å². The molecule has 0 saturated carbocycles. The number of hydrogen-bond acceptors (Lipinski definition) is 2. The van der Waals surface area contributed by atoms with Crippen molar-refractivity contribution in [3.63, 3.8) is 0 Å². The average Bonchev–Trinajstić information content (AvgIpc) is 1.97. The van der Waals surface area contributed by atoms with Gasteiger partial charge in [-0.25, -0.2) is 0 Å². The van der Waals surface area contributed by atoms with Gasteiger partial charge >= 0.3 is 0 Å². The molecule has 1 aliphatic carbocycles. The summed E-state index contributed by atoms with van der Waals surface area (Å²) in [7, 11) is 0. The molecule has 0 aromatic carbocycles. The van der Waals surface area contributed by atoms with Crippen LogP contribution < -0.4 is 0 Å². The summed E-state index contributed by atoms with van der Waals surface area (Å²) in [5, 5.41) is 0.0718. The molecule has 0 fully saturated rings. The molecule has 0 atom stereocenters. The molecule has 0 heterocycles. The Morgan fingerprint density at radius 2 is 1.71 bits per heavy atom. The summed E-state index contributed by atoms with van der Waals surface area (Å²) in [6.45, 7) is 7.20. The minimum atomic E-state index is -0.388. The van der Waals surface area contributed by atoms with Crippen molar-refractivity contribution in [3.05, 3.63) is 22.3 Å². The third kappa shape index (κ3) is 1.80. The summed E-state index contributed by atoms with van der Waals surface area (Å²) < 4.78 is 0. The average molecular weight is 213 g/mol. The van der Waals surface area contributed by atoms with Crippen LogP contribution in [0.4, 0.5) is 0 Å². The van der Waals surface area contributed by atoms with E-state index in [1.54, 1.807) is 6.92 Å². The second-order valence-electron chi connectivity index (χ2n) is 4.46. The topological polar surface area (TPSA) is 34.1 Å². The fourth-order valence-corrected chi connectivity index (χ4v) is 1.95. The molecule has 0 aromatic heterocycles. The zero-order valence-corrected chi connectivity index (χ0v) is 9.53. The van der Waals surface area contributed by atoms with Gasteiger partial charge in [0.25, 0.3) is 0 Å². The van der Waals surface area contributed by atoms with Gasteiger partial charge in [-0.3, -0.25) is 9.59 Å². The van der Waals surface area contributed by atoms with Crippen LogP contribution in [0.1, 0.15) is 27.7 Å². The fourth-order valence-electron chi connectivity index (χ4n) is 1.43. The zero-order valence-electron chi connectivity index (χ0n) is 8.77. The molecule has 0 aliphatic heterocycles. The van der Waals surface area contributed by atoms with E-state index in [-0.39, 0.29) is 22.0 Å². The highest BCUT2D eigenvalue weighted by Gasteiger charge is 2.32. The second kappa shape index (κ2) is 3.35.